The van der Waals surface area contributed by atoms with E-state index in [1.165, 1.54) is 5.56 Å². The van der Waals surface area contributed by atoms with Crippen LogP contribution in [-0.4, -0.2) is 36.6 Å². The maximum atomic E-state index is 11.3. The smallest absolute Gasteiger partial charge is 0.312 e. The predicted octanol–water partition coefficient (Wildman–Crippen LogP) is 2.71. The monoisotopic (exact) mass is 249 g/mol. The first-order chi connectivity index (χ1) is 8.21. The number of benzene rings is 1. The van der Waals surface area contributed by atoms with Crippen molar-refractivity contribution in [1.82, 2.24) is 4.90 Å². The van der Waals surface area contributed by atoms with Gasteiger partial charge in [-0.05, 0) is 30.6 Å². The van der Waals surface area contributed by atoms with Gasteiger partial charge in [-0.1, -0.05) is 45.0 Å². The fourth-order valence-electron chi connectivity index (χ4n) is 1.91. The van der Waals surface area contributed by atoms with Crippen LogP contribution in [0.2, 0.25) is 0 Å². The first-order valence-corrected chi connectivity index (χ1v) is 6.20. The van der Waals surface area contributed by atoms with Crippen LogP contribution in [-0.2, 0) is 10.2 Å². The third-order valence-electron chi connectivity index (χ3n) is 3.02. The number of carboxylic acids is 1. The summed E-state index contributed by atoms with van der Waals surface area (Å²) in [6.45, 7) is 6.97. The Morgan fingerprint density at radius 3 is 2.06 bits per heavy atom. The highest BCUT2D eigenvalue weighted by molar-refractivity contribution is 5.76. The molecule has 1 N–H and O–H groups in total. The van der Waals surface area contributed by atoms with Crippen LogP contribution in [0.25, 0.3) is 0 Å². The molecule has 18 heavy (non-hydrogen) atoms. The number of hydrogen-bond donors (Lipinski definition) is 1. The van der Waals surface area contributed by atoms with Crippen molar-refractivity contribution in [3.05, 3.63) is 35.4 Å². The van der Waals surface area contributed by atoms with Gasteiger partial charge in [0.25, 0.3) is 0 Å². The van der Waals surface area contributed by atoms with Crippen LogP contribution in [0.15, 0.2) is 24.3 Å². The van der Waals surface area contributed by atoms with E-state index in [0.29, 0.717) is 6.54 Å². The number of carboxylic acid groups (broad SMARTS) is 1. The van der Waals surface area contributed by atoms with Crippen LogP contribution in [0, 0.1) is 0 Å². The highest BCUT2D eigenvalue weighted by atomic mass is 16.4. The Labute approximate surface area is 109 Å². The number of rotatable bonds is 4. The van der Waals surface area contributed by atoms with Crippen molar-refractivity contribution in [1.29, 1.82) is 0 Å². The van der Waals surface area contributed by atoms with Gasteiger partial charge in [-0.3, -0.25) is 4.79 Å². The van der Waals surface area contributed by atoms with E-state index in [4.69, 9.17) is 0 Å². The molecule has 100 valence electrons. The third-order valence-corrected chi connectivity index (χ3v) is 3.02. The molecule has 0 aliphatic carbocycles. The minimum atomic E-state index is -0.771. The zero-order valence-electron chi connectivity index (χ0n) is 11.9. The lowest BCUT2D eigenvalue weighted by Crippen LogP contribution is -2.26. The second-order valence-corrected chi connectivity index (χ2v) is 6.03. The molecule has 0 saturated carbocycles. The van der Waals surface area contributed by atoms with E-state index in [9.17, 15) is 9.90 Å². The summed E-state index contributed by atoms with van der Waals surface area (Å²) in [6, 6.07) is 7.92. The molecule has 0 spiro atoms. The number of carbonyl (C=O) groups is 1. The van der Waals surface area contributed by atoms with E-state index in [2.05, 4.69) is 20.8 Å². The molecular formula is C15H23NO2. The van der Waals surface area contributed by atoms with Gasteiger partial charge in [-0.2, -0.15) is 0 Å². The highest BCUT2D eigenvalue weighted by Crippen LogP contribution is 2.25. The Kier molecular flexibility index (Phi) is 4.52. The summed E-state index contributed by atoms with van der Waals surface area (Å²) in [5, 5.41) is 9.28. The molecule has 0 saturated heterocycles. The van der Waals surface area contributed by atoms with Crippen LogP contribution in [0.3, 0.4) is 0 Å². The van der Waals surface area contributed by atoms with Crippen molar-refractivity contribution in [2.24, 2.45) is 0 Å². The van der Waals surface area contributed by atoms with Crippen molar-refractivity contribution in [2.45, 2.75) is 32.1 Å². The van der Waals surface area contributed by atoms with Gasteiger partial charge in [0.05, 0.1) is 5.92 Å². The van der Waals surface area contributed by atoms with E-state index in [1.54, 1.807) is 0 Å². The van der Waals surface area contributed by atoms with Gasteiger partial charge in [-0.25, -0.2) is 0 Å². The summed E-state index contributed by atoms with van der Waals surface area (Å²) in [4.78, 5) is 13.2. The lowest BCUT2D eigenvalue weighted by Gasteiger charge is -2.21. The molecule has 0 aliphatic heterocycles. The van der Waals surface area contributed by atoms with Gasteiger partial charge in [-0.15, -0.1) is 0 Å². The summed E-state index contributed by atoms with van der Waals surface area (Å²) in [6.07, 6.45) is 0. The SMILES string of the molecule is CN(C)CC(C(=O)O)c1ccc(C(C)(C)C)cc1. The number of hydrogen-bond acceptors (Lipinski definition) is 2. The molecule has 0 bridgehead atoms. The van der Waals surface area contributed by atoms with Crippen molar-refractivity contribution >= 4 is 5.97 Å². The summed E-state index contributed by atoms with van der Waals surface area (Å²) >= 11 is 0. The van der Waals surface area contributed by atoms with Gasteiger partial charge < -0.3 is 10.0 Å². The summed E-state index contributed by atoms with van der Waals surface area (Å²) in [7, 11) is 3.78. The fourth-order valence-corrected chi connectivity index (χ4v) is 1.91. The zero-order valence-corrected chi connectivity index (χ0v) is 11.9. The van der Waals surface area contributed by atoms with Crippen molar-refractivity contribution in [3.8, 4) is 0 Å². The summed E-state index contributed by atoms with van der Waals surface area (Å²) in [5.74, 6) is -1.23. The van der Waals surface area contributed by atoms with Crippen LogP contribution >= 0.6 is 0 Å². The Bertz CT molecular complexity index is 401. The largest absolute Gasteiger partial charge is 0.481 e. The minimum absolute atomic E-state index is 0.0960. The lowest BCUT2D eigenvalue weighted by molar-refractivity contribution is -0.139. The standard InChI is InChI=1S/C15H23NO2/c1-15(2,3)12-8-6-11(7-9-12)13(14(17)18)10-16(4)5/h6-9,13H,10H2,1-5H3,(H,17,18). The number of aliphatic carboxylic acids is 1. The Morgan fingerprint density at radius 1 is 1.22 bits per heavy atom. The molecule has 1 rings (SSSR count). The molecule has 3 nitrogen and oxygen atoms in total. The molecular weight excluding hydrogens is 226 g/mol. The van der Waals surface area contributed by atoms with E-state index < -0.39 is 11.9 Å². The Balaban J connectivity index is 2.98. The maximum absolute atomic E-state index is 11.3. The second kappa shape index (κ2) is 5.53. The fraction of sp³-hybridized carbons (Fsp3) is 0.533. The molecule has 3 heteroatoms. The lowest BCUT2D eigenvalue weighted by atomic mass is 9.85. The number of likely N-dealkylation sites (N-methyl/N-ethyl adjacent to an activating group) is 1. The average molecular weight is 249 g/mol. The number of nitrogens with zero attached hydrogens (tertiary/aromatic N) is 1. The Morgan fingerprint density at radius 2 is 1.72 bits per heavy atom. The molecule has 0 fully saturated rings. The van der Waals surface area contributed by atoms with Crippen LogP contribution in [0.5, 0.6) is 0 Å². The molecule has 0 radical (unpaired) electrons. The predicted molar refractivity (Wildman–Crippen MR) is 74.1 cm³/mol. The third kappa shape index (κ3) is 3.84. The average Bonchev–Trinajstić information content (AvgIpc) is 2.24. The second-order valence-electron chi connectivity index (χ2n) is 6.03. The maximum Gasteiger partial charge on any atom is 0.312 e. The van der Waals surface area contributed by atoms with E-state index in [-0.39, 0.29) is 5.41 Å². The minimum Gasteiger partial charge on any atom is -0.481 e. The zero-order chi connectivity index (χ0) is 13.9. The highest BCUT2D eigenvalue weighted by Gasteiger charge is 2.21. The first kappa shape index (κ1) is 14.7. The molecule has 1 unspecified atom stereocenters. The normalized spacial score (nSPS) is 13.7. The molecule has 0 aliphatic rings. The van der Waals surface area contributed by atoms with Gasteiger partial charge in [0.15, 0.2) is 0 Å². The van der Waals surface area contributed by atoms with Crippen molar-refractivity contribution in [2.75, 3.05) is 20.6 Å². The van der Waals surface area contributed by atoms with Gasteiger partial charge in [0.1, 0.15) is 0 Å². The molecule has 1 atom stereocenters. The molecule has 0 heterocycles. The van der Waals surface area contributed by atoms with Crippen molar-refractivity contribution < 1.29 is 9.90 Å². The quantitative estimate of drug-likeness (QED) is 0.892. The molecule has 0 amide bonds. The van der Waals surface area contributed by atoms with Gasteiger partial charge in [0, 0.05) is 6.54 Å². The summed E-state index contributed by atoms with van der Waals surface area (Å²) < 4.78 is 0. The molecule has 1 aromatic carbocycles. The first-order valence-electron chi connectivity index (χ1n) is 6.20. The van der Waals surface area contributed by atoms with E-state index in [0.717, 1.165) is 5.56 Å². The van der Waals surface area contributed by atoms with Gasteiger partial charge in [0.2, 0.25) is 0 Å². The molecule has 0 aromatic heterocycles. The summed E-state index contributed by atoms with van der Waals surface area (Å²) in [5.41, 5.74) is 2.18. The van der Waals surface area contributed by atoms with E-state index in [1.807, 2.05) is 43.3 Å². The Hall–Kier alpha value is -1.35. The van der Waals surface area contributed by atoms with Crippen LogP contribution < -0.4 is 0 Å². The molecule has 1 aromatic rings. The topological polar surface area (TPSA) is 40.5 Å². The van der Waals surface area contributed by atoms with Crippen LogP contribution in [0.1, 0.15) is 37.8 Å². The van der Waals surface area contributed by atoms with E-state index >= 15 is 0 Å². The van der Waals surface area contributed by atoms with Gasteiger partial charge >= 0.3 is 5.97 Å². The van der Waals surface area contributed by atoms with Crippen LogP contribution in [0.4, 0.5) is 0 Å². The van der Waals surface area contributed by atoms with Crippen molar-refractivity contribution in [3.63, 3.8) is 0 Å².